The Labute approximate surface area is 149 Å². The zero-order valence-corrected chi connectivity index (χ0v) is 15.2. The van der Waals surface area contributed by atoms with Gasteiger partial charge in [0.05, 0.1) is 11.0 Å². The van der Waals surface area contributed by atoms with Crippen LogP contribution < -0.4 is 10.1 Å². The number of hydrogen-bond acceptors (Lipinski definition) is 6. The van der Waals surface area contributed by atoms with E-state index in [1.54, 1.807) is 12.5 Å². The van der Waals surface area contributed by atoms with Crippen LogP contribution in [0.2, 0.25) is 0 Å². The molecule has 0 atom stereocenters. The molecule has 4 rings (SSSR count). The molecule has 0 unspecified atom stereocenters. The quantitative estimate of drug-likeness (QED) is 0.552. The Bertz CT molecular complexity index is 997. The normalized spacial score (nSPS) is 12.1. The van der Waals surface area contributed by atoms with Gasteiger partial charge in [-0.3, -0.25) is 0 Å². The minimum atomic E-state index is 0.0630. The second-order valence-electron chi connectivity index (χ2n) is 6.93. The first-order valence-electron chi connectivity index (χ1n) is 8.12. The van der Waals surface area contributed by atoms with Crippen LogP contribution in [0.3, 0.4) is 0 Å². The van der Waals surface area contributed by atoms with Gasteiger partial charge in [0.15, 0.2) is 5.65 Å². The summed E-state index contributed by atoms with van der Waals surface area (Å²) in [6.07, 6.45) is 3.53. The van der Waals surface area contributed by atoms with Crippen LogP contribution in [0.15, 0.2) is 47.2 Å². The number of furan rings is 1. The molecule has 128 valence electrons. The van der Waals surface area contributed by atoms with Crippen LogP contribution in [0.4, 0.5) is 0 Å². The summed E-state index contributed by atoms with van der Waals surface area (Å²) in [6.45, 7) is 7.20. The maximum Gasteiger partial charge on any atom is 0.281 e. The third-order valence-corrected chi connectivity index (χ3v) is 4.67. The summed E-state index contributed by atoms with van der Waals surface area (Å²) in [5.41, 5.74) is 2.72. The predicted octanol–water partition coefficient (Wildman–Crippen LogP) is 5.12. The van der Waals surface area contributed by atoms with E-state index in [0.29, 0.717) is 16.6 Å². The number of thiazole rings is 1. The van der Waals surface area contributed by atoms with E-state index in [2.05, 4.69) is 36.1 Å². The summed E-state index contributed by atoms with van der Waals surface area (Å²) in [5.74, 6) is 0.705. The fraction of sp³-hybridized carbons (Fsp3) is 0.263. The smallest absolute Gasteiger partial charge is 0.281 e. The van der Waals surface area contributed by atoms with Gasteiger partial charge in [-0.1, -0.05) is 11.3 Å². The Morgan fingerprint density at radius 1 is 1.24 bits per heavy atom. The molecule has 1 aromatic carbocycles. The van der Waals surface area contributed by atoms with E-state index in [-0.39, 0.29) is 5.54 Å². The van der Waals surface area contributed by atoms with Gasteiger partial charge in [0.1, 0.15) is 11.3 Å². The van der Waals surface area contributed by atoms with Crippen LogP contribution in [0.25, 0.3) is 21.3 Å². The van der Waals surface area contributed by atoms with Gasteiger partial charge >= 0.3 is 0 Å². The van der Waals surface area contributed by atoms with Crippen molar-refractivity contribution in [1.29, 1.82) is 0 Å². The highest BCUT2D eigenvalue weighted by molar-refractivity contribution is 7.20. The van der Waals surface area contributed by atoms with E-state index in [0.717, 1.165) is 27.8 Å². The standard InChI is InChI=1S/C19H19N3O2S/c1-19(2,3)21-10-12-11-23-15-9-13(6-7-14(12)15)24-18-22-17-16(25-18)5-4-8-20-17/h4-9,11,21H,10H2,1-3H3. The molecule has 0 fully saturated rings. The fourth-order valence-electron chi connectivity index (χ4n) is 2.52. The molecule has 0 radical (unpaired) electrons. The van der Waals surface area contributed by atoms with Crippen molar-refractivity contribution in [3.63, 3.8) is 0 Å². The second kappa shape index (κ2) is 6.13. The van der Waals surface area contributed by atoms with Gasteiger partial charge in [-0.2, -0.15) is 4.98 Å². The third-order valence-electron chi connectivity index (χ3n) is 3.79. The predicted molar refractivity (Wildman–Crippen MR) is 100 cm³/mol. The molecule has 0 saturated heterocycles. The molecule has 25 heavy (non-hydrogen) atoms. The SMILES string of the molecule is CC(C)(C)NCc1coc2cc(Oc3nc4ncccc4s3)ccc12. The molecule has 0 aliphatic rings. The molecule has 0 aliphatic carbocycles. The van der Waals surface area contributed by atoms with Gasteiger partial charge in [0, 0.05) is 35.3 Å². The van der Waals surface area contributed by atoms with Crippen molar-refractivity contribution in [2.45, 2.75) is 32.9 Å². The number of hydrogen-bond donors (Lipinski definition) is 1. The molecule has 1 N–H and O–H groups in total. The Hall–Kier alpha value is -2.44. The lowest BCUT2D eigenvalue weighted by Crippen LogP contribution is -2.34. The summed E-state index contributed by atoms with van der Waals surface area (Å²) in [7, 11) is 0. The molecule has 0 bridgehead atoms. The summed E-state index contributed by atoms with van der Waals surface area (Å²) in [5, 5.41) is 5.15. The minimum Gasteiger partial charge on any atom is -0.464 e. The van der Waals surface area contributed by atoms with Crippen LogP contribution in [0, 0.1) is 0 Å². The number of fused-ring (bicyclic) bond motifs is 2. The maximum atomic E-state index is 5.89. The number of pyridine rings is 1. The molecule has 3 heterocycles. The average molecular weight is 353 g/mol. The molecule has 0 saturated carbocycles. The number of nitrogens with zero attached hydrogens (tertiary/aromatic N) is 2. The second-order valence-corrected chi connectivity index (χ2v) is 7.92. The van der Waals surface area contributed by atoms with Crippen LogP contribution in [0.5, 0.6) is 10.9 Å². The molecule has 0 amide bonds. The zero-order chi connectivity index (χ0) is 17.4. The minimum absolute atomic E-state index is 0.0630. The van der Waals surface area contributed by atoms with Crippen molar-refractivity contribution in [2.75, 3.05) is 0 Å². The lowest BCUT2D eigenvalue weighted by atomic mass is 10.1. The first-order valence-corrected chi connectivity index (χ1v) is 8.94. The largest absolute Gasteiger partial charge is 0.464 e. The van der Waals surface area contributed by atoms with E-state index < -0.39 is 0 Å². The van der Waals surface area contributed by atoms with Crippen LogP contribution in [-0.2, 0) is 6.54 Å². The first-order chi connectivity index (χ1) is 12.0. The van der Waals surface area contributed by atoms with E-state index >= 15 is 0 Å². The van der Waals surface area contributed by atoms with Crippen molar-refractivity contribution in [2.24, 2.45) is 0 Å². The highest BCUT2D eigenvalue weighted by Crippen LogP contribution is 2.32. The Balaban J connectivity index is 1.57. The molecular formula is C19H19N3O2S. The van der Waals surface area contributed by atoms with Gasteiger partial charge in [-0.15, -0.1) is 0 Å². The van der Waals surface area contributed by atoms with Gasteiger partial charge in [-0.05, 0) is 45.0 Å². The number of rotatable bonds is 4. The third kappa shape index (κ3) is 3.50. The van der Waals surface area contributed by atoms with Crippen molar-refractivity contribution >= 4 is 32.7 Å². The topological polar surface area (TPSA) is 60.2 Å². The van der Waals surface area contributed by atoms with Gasteiger partial charge in [-0.25, -0.2) is 4.98 Å². The summed E-state index contributed by atoms with van der Waals surface area (Å²) >= 11 is 1.48. The number of benzene rings is 1. The van der Waals surface area contributed by atoms with Crippen LogP contribution >= 0.6 is 11.3 Å². The van der Waals surface area contributed by atoms with Gasteiger partial charge in [0.2, 0.25) is 0 Å². The Morgan fingerprint density at radius 3 is 2.92 bits per heavy atom. The number of nitrogens with one attached hydrogen (secondary N) is 1. The number of aromatic nitrogens is 2. The van der Waals surface area contributed by atoms with E-state index in [4.69, 9.17) is 9.15 Å². The lowest BCUT2D eigenvalue weighted by Gasteiger charge is -2.19. The van der Waals surface area contributed by atoms with E-state index in [1.165, 1.54) is 11.3 Å². The zero-order valence-electron chi connectivity index (χ0n) is 14.4. The molecular weight excluding hydrogens is 334 g/mol. The Kier molecular flexibility index (Phi) is 3.94. The van der Waals surface area contributed by atoms with Crippen molar-refractivity contribution in [3.8, 4) is 10.9 Å². The monoisotopic (exact) mass is 353 g/mol. The molecule has 0 spiro atoms. The first kappa shape index (κ1) is 16.1. The highest BCUT2D eigenvalue weighted by Gasteiger charge is 2.13. The molecule has 6 heteroatoms. The van der Waals surface area contributed by atoms with Crippen molar-refractivity contribution in [3.05, 3.63) is 48.4 Å². The Morgan fingerprint density at radius 2 is 2.12 bits per heavy atom. The van der Waals surface area contributed by atoms with Crippen LogP contribution in [-0.4, -0.2) is 15.5 Å². The molecule has 0 aliphatic heterocycles. The number of ether oxygens (including phenoxy) is 1. The fourth-order valence-corrected chi connectivity index (χ4v) is 3.31. The molecule has 4 aromatic rings. The maximum absolute atomic E-state index is 5.89. The highest BCUT2D eigenvalue weighted by atomic mass is 32.1. The summed E-state index contributed by atoms with van der Waals surface area (Å²) in [6, 6.07) is 9.75. The molecule has 3 aromatic heterocycles. The van der Waals surface area contributed by atoms with E-state index in [9.17, 15) is 0 Å². The van der Waals surface area contributed by atoms with Gasteiger partial charge < -0.3 is 14.5 Å². The van der Waals surface area contributed by atoms with Crippen molar-refractivity contribution < 1.29 is 9.15 Å². The van der Waals surface area contributed by atoms with Crippen molar-refractivity contribution in [1.82, 2.24) is 15.3 Å². The van der Waals surface area contributed by atoms with E-state index in [1.807, 2.05) is 30.3 Å². The average Bonchev–Trinajstić information content (AvgIpc) is 3.15. The lowest BCUT2D eigenvalue weighted by molar-refractivity contribution is 0.423. The summed E-state index contributed by atoms with van der Waals surface area (Å²) in [4.78, 5) is 8.63. The summed E-state index contributed by atoms with van der Waals surface area (Å²) < 4.78 is 12.6. The van der Waals surface area contributed by atoms with Crippen LogP contribution in [0.1, 0.15) is 26.3 Å². The van der Waals surface area contributed by atoms with Gasteiger partial charge in [0.25, 0.3) is 5.19 Å². The molecule has 5 nitrogen and oxygen atoms in total.